The second-order valence-electron chi connectivity index (χ2n) is 6.15. The Morgan fingerprint density at radius 2 is 2.11 bits per heavy atom. The highest BCUT2D eigenvalue weighted by Crippen LogP contribution is 2.27. The molecule has 0 radical (unpaired) electrons. The molecule has 0 bridgehead atoms. The number of ether oxygens (including phenoxy) is 1. The van der Waals surface area contributed by atoms with Gasteiger partial charge >= 0.3 is 0 Å². The van der Waals surface area contributed by atoms with Gasteiger partial charge in [-0.3, -0.25) is 4.90 Å². The molecule has 1 aliphatic heterocycles. The van der Waals surface area contributed by atoms with Crippen LogP contribution in [0.4, 0.5) is 0 Å². The lowest BCUT2D eigenvalue weighted by atomic mass is 9.94. The van der Waals surface area contributed by atoms with Gasteiger partial charge in [-0.1, -0.05) is 12.8 Å². The van der Waals surface area contributed by atoms with Crippen molar-refractivity contribution in [2.45, 2.75) is 63.0 Å². The molecule has 19 heavy (non-hydrogen) atoms. The van der Waals surface area contributed by atoms with Gasteiger partial charge in [-0.05, 0) is 32.9 Å². The van der Waals surface area contributed by atoms with Crippen LogP contribution in [0.25, 0.3) is 0 Å². The summed E-state index contributed by atoms with van der Waals surface area (Å²) < 4.78 is 5.91. The number of thioether (sulfide) groups is 1. The molecule has 2 aliphatic rings. The van der Waals surface area contributed by atoms with Crippen molar-refractivity contribution in [2.75, 3.05) is 32.5 Å². The first-order valence-corrected chi connectivity index (χ1v) is 9.11. The molecular weight excluding hydrogens is 256 g/mol. The van der Waals surface area contributed by atoms with Crippen molar-refractivity contribution < 1.29 is 4.74 Å². The first-order chi connectivity index (χ1) is 9.20. The second-order valence-corrected chi connectivity index (χ2v) is 7.23. The Labute approximate surface area is 122 Å². The zero-order valence-corrected chi connectivity index (χ0v) is 13.5. The zero-order chi connectivity index (χ0) is 13.7. The zero-order valence-electron chi connectivity index (χ0n) is 12.7. The van der Waals surface area contributed by atoms with E-state index in [1.165, 1.54) is 25.7 Å². The molecule has 0 aromatic heterocycles. The molecule has 3 unspecified atom stereocenters. The summed E-state index contributed by atoms with van der Waals surface area (Å²) in [6.07, 6.45) is 8.14. The molecule has 0 aromatic carbocycles. The third-order valence-electron chi connectivity index (χ3n) is 4.51. The van der Waals surface area contributed by atoms with Crippen LogP contribution in [0.2, 0.25) is 0 Å². The second kappa shape index (κ2) is 7.87. The summed E-state index contributed by atoms with van der Waals surface area (Å²) in [7, 11) is 0. The minimum Gasteiger partial charge on any atom is -0.374 e. The van der Waals surface area contributed by atoms with Crippen molar-refractivity contribution in [1.82, 2.24) is 10.2 Å². The molecular formula is C15H30N2OS. The summed E-state index contributed by atoms with van der Waals surface area (Å²) in [6, 6.07) is 1.34. The van der Waals surface area contributed by atoms with Gasteiger partial charge in [0.15, 0.2) is 0 Å². The van der Waals surface area contributed by atoms with Gasteiger partial charge in [0.2, 0.25) is 0 Å². The molecule has 3 nitrogen and oxygen atoms in total. The van der Waals surface area contributed by atoms with Crippen LogP contribution < -0.4 is 5.32 Å². The van der Waals surface area contributed by atoms with E-state index in [-0.39, 0.29) is 0 Å². The largest absolute Gasteiger partial charge is 0.374 e. The van der Waals surface area contributed by atoms with Crippen LogP contribution in [-0.2, 0) is 4.74 Å². The van der Waals surface area contributed by atoms with E-state index in [0.717, 1.165) is 31.5 Å². The van der Waals surface area contributed by atoms with Crippen molar-refractivity contribution >= 4 is 11.8 Å². The Morgan fingerprint density at radius 1 is 1.32 bits per heavy atom. The number of nitrogens with one attached hydrogen (secondary N) is 1. The number of nitrogens with zero attached hydrogens (tertiary/aromatic N) is 1. The Hall–Kier alpha value is 0.230. The van der Waals surface area contributed by atoms with Crippen molar-refractivity contribution in [3.63, 3.8) is 0 Å². The topological polar surface area (TPSA) is 24.5 Å². The Kier molecular flexibility index (Phi) is 6.46. The van der Waals surface area contributed by atoms with Crippen LogP contribution in [0.1, 0.15) is 39.5 Å². The maximum Gasteiger partial charge on any atom is 0.0826 e. The first-order valence-electron chi connectivity index (χ1n) is 7.82. The summed E-state index contributed by atoms with van der Waals surface area (Å²) in [5, 5.41) is 4.58. The van der Waals surface area contributed by atoms with Crippen LogP contribution in [0.5, 0.6) is 0 Å². The van der Waals surface area contributed by atoms with E-state index >= 15 is 0 Å². The number of morpholine rings is 1. The molecule has 0 amide bonds. The lowest BCUT2D eigenvalue weighted by Gasteiger charge is -2.37. The van der Waals surface area contributed by atoms with Crippen molar-refractivity contribution in [3.8, 4) is 0 Å². The number of rotatable bonds is 5. The van der Waals surface area contributed by atoms with E-state index in [0.29, 0.717) is 18.2 Å². The maximum absolute atomic E-state index is 5.91. The van der Waals surface area contributed by atoms with Crippen LogP contribution in [-0.4, -0.2) is 60.8 Å². The molecule has 0 spiro atoms. The average Bonchev–Trinajstić information content (AvgIpc) is 2.45. The predicted octanol–water partition coefficient (Wildman–Crippen LogP) is 2.36. The van der Waals surface area contributed by atoms with Crippen molar-refractivity contribution in [2.24, 2.45) is 0 Å². The highest BCUT2D eigenvalue weighted by molar-refractivity contribution is 7.99. The summed E-state index contributed by atoms with van der Waals surface area (Å²) >= 11 is 2.03. The molecule has 3 atom stereocenters. The Bertz CT molecular complexity index is 263. The first kappa shape index (κ1) is 15.6. The fourth-order valence-corrected chi connectivity index (χ4v) is 4.19. The van der Waals surface area contributed by atoms with Crippen LogP contribution in [0.3, 0.4) is 0 Å². The number of hydrogen-bond acceptors (Lipinski definition) is 4. The fourth-order valence-electron chi connectivity index (χ4n) is 3.23. The van der Waals surface area contributed by atoms with Crippen LogP contribution >= 0.6 is 11.8 Å². The molecule has 4 heteroatoms. The smallest absolute Gasteiger partial charge is 0.0826 e. The third-order valence-corrected chi connectivity index (χ3v) is 5.68. The molecule has 1 saturated heterocycles. The lowest BCUT2D eigenvalue weighted by molar-refractivity contribution is -0.0384. The van der Waals surface area contributed by atoms with Gasteiger partial charge in [0.05, 0.1) is 12.7 Å². The molecule has 1 saturated carbocycles. The predicted molar refractivity (Wildman–Crippen MR) is 84.0 cm³/mol. The lowest BCUT2D eigenvalue weighted by Crippen LogP contribution is -2.51. The van der Waals surface area contributed by atoms with E-state index in [1.807, 2.05) is 11.8 Å². The van der Waals surface area contributed by atoms with E-state index in [2.05, 4.69) is 30.3 Å². The molecule has 0 aromatic rings. The molecule has 1 aliphatic carbocycles. The molecule has 112 valence electrons. The minimum atomic E-state index is 0.376. The molecule has 1 heterocycles. The van der Waals surface area contributed by atoms with Gasteiger partial charge in [0.25, 0.3) is 0 Å². The Morgan fingerprint density at radius 3 is 2.84 bits per heavy atom. The standard InChI is InChI=1S/C15H30N2OS/c1-12(2)17-8-9-18-13(11-17)10-16-14-6-4-5-7-15(14)19-3/h12-16H,4-11H2,1-3H3. The van der Waals surface area contributed by atoms with Gasteiger partial charge in [-0.15, -0.1) is 0 Å². The van der Waals surface area contributed by atoms with Gasteiger partial charge in [-0.25, -0.2) is 0 Å². The summed E-state index contributed by atoms with van der Waals surface area (Å²) in [5.41, 5.74) is 0. The highest BCUT2D eigenvalue weighted by Gasteiger charge is 2.27. The van der Waals surface area contributed by atoms with Gasteiger partial charge < -0.3 is 10.1 Å². The van der Waals surface area contributed by atoms with Crippen molar-refractivity contribution in [3.05, 3.63) is 0 Å². The van der Waals surface area contributed by atoms with Gasteiger partial charge in [0, 0.05) is 37.0 Å². The molecule has 1 N–H and O–H groups in total. The SMILES string of the molecule is CSC1CCCCC1NCC1CN(C(C)C)CCO1. The van der Waals surface area contributed by atoms with Gasteiger partial charge in [0.1, 0.15) is 0 Å². The van der Waals surface area contributed by atoms with Crippen molar-refractivity contribution in [1.29, 1.82) is 0 Å². The number of hydrogen-bond donors (Lipinski definition) is 1. The average molecular weight is 286 g/mol. The summed E-state index contributed by atoms with van der Waals surface area (Å²) in [5.74, 6) is 0. The summed E-state index contributed by atoms with van der Waals surface area (Å²) in [4.78, 5) is 2.53. The fraction of sp³-hybridized carbons (Fsp3) is 1.00. The normalized spacial score (nSPS) is 33.8. The monoisotopic (exact) mass is 286 g/mol. The Balaban J connectivity index is 1.74. The molecule has 2 fully saturated rings. The quantitative estimate of drug-likeness (QED) is 0.838. The molecule has 2 rings (SSSR count). The highest BCUT2D eigenvalue weighted by atomic mass is 32.2. The third kappa shape index (κ3) is 4.62. The van der Waals surface area contributed by atoms with Gasteiger partial charge in [-0.2, -0.15) is 11.8 Å². The minimum absolute atomic E-state index is 0.376. The summed E-state index contributed by atoms with van der Waals surface area (Å²) in [6.45, 7) is 8.64. The maximum atomic E-state index is 5.91. The van der Waals surface area contributed by atoms with Crippen LogP contribution in [0, 0.1) is 0 Å². The van der Waals surface area contributed by atoms with E-state index in [4.69, 9.17) is 4.74 Å². The van der Waals surface area contributed by atoms with E-state index in [9.17, 15) is 0 Å². The van der Waals surface area contributed by atoms with Crippen LogP contribution in [0.15, 0.2) is 0 Å². The van der Waals surface area contributed by atoms with E-state index < -0.39 is 0 Å². The van der Waals surface area contributed by atoms with E-state index in [1.54, 1.807) is 0 Å².